The largest absolute Gasteiger partial charge is 0.493 e. The predicted octanol–water partition coefficient (Wildman–Crippen LogP) is 0.919. The topological polar surface area (TPSA) is 102 Å². The quantitative estimate of drug-likeness (QED) is 0.684. The number of sulfonamides is 1. The van der Waals surface area contributed by atoms with Gasteiger partial charge in [0.15, 0.2) is 9.84 Å². The standard InChI is InChI=1S/C16H26N2O5S2/c1-3-24(19,20)11-10-23-15-4-6-16(7-5-15)25(21,22)18-14-8-9-17-13(2)12-14/h4-7,13-14,17-18H,3,8-12H2,1-2H3. The van der Waals surface area contributed by atoms with Crippen LogP contribution in [0, 0.1) is 0 Å². The first kappa shape index (κ1) is 20.2. The maximum atomic E-state index is 12.5. The molecule has 25 heavy (non-hydrogen) atoms. The molecule has 1 aromatic rings. The summed E-state index contributed by atoms with van der Waals surface area (Å²) in [4.78, 5) is 0.173. The molecule has 0 radical (unpaired) electrons. The minimum absolute atomic E-state index is 0.0491. The normalized spacial score (nSPS) is 21.8. The summed E-state index contributed by atoms with van der Waals surface area (Å²) in [5.74, 6) is 0.466. The fourth-order valence-corrected chi connectivity index (χ4v) is 4.58. The van der Waals surface area contributed by atoms with Crippen LogP contribution in [0.25, 0.3) is 0 Å². The van der Waals surface area contributed by atoms with Crippen molar-refractivity contribution in [1.29, 1.82) is 0 Å². The van der Waals surface area contributed by atoms with Crippen molar-refractivity contribution in [3.05, 3.63) is 24.3 Å². The zero-order chi connectivity index (χ0) is 18.5. The number of ether oxygens (including phenoxy) is 1. The second kappa shape index (κ2) is 8.48. The molecule has 1 aromatic carbocycles. The molecule has 1 fully saturated rings. The van der Waals surface area contributed by atoms with Gasteiger partial charge in [-0.15, -0.1) is 0 Å². The lowest BCUT2D eigenvalue weighted by atomic mass is 10.0. The Morgan fingerprint density at radius 3 is 2.48 bits per heavy atom. The van der Waals surface area contributed by atoms with Crippen molar-refractivity contribution >= 4 is 19.9 Å². The molecule has 1 aliphatic rings. The Hall–Kier alpha value is -1.16. The van der Waals surface area contributed by atoms with E-state index in [4.69, 9.17) is 4.74 Å². The monoisotopic (exact) mass is 390 g/mol. The molecule has 142 valence electrons. The molecule has 1 saturated heterocycles. The Balaban J connectivity index is 1.94. The molecule has 2 rings (SSSR count). The number of sulfone groups is 1. The molecule has 0 aliphatic carbocycles. The van der Waals surface area contributed by atoms with E-state index in [9.17, 15) is 16.8 Å². The third-order valence-corrected chi connectivity index (χ3v) is 7.39. The van der Waals surface area contributed by atoms with Gasteiger partial charge in [-0.05, 0) is 50.6 Å². The van der Waals surface area contributed by atoms with Crippen LogP contribution in [0.1, 0.15) is 26.7 Å². The number of nitrogens with one attached hydrogen (secondary N) is 2. The molecule has 0 saturated carbocycles. The zero-order valence-corrected chi connectivity index (χ0v) is 16.2. The van der Waals surface area contributed by atoms with Crippen molar-refractivity contribution in [2.45, 2.75) is 43.7 Å². The average Bonchev–Trinajstić information content (AvgIpc) is 2.55. The van der Waals surface area contributed by atoms with E-state index in [-0.39, 0.29) is 35.1 Å². The molecule has 1 aliphatic heterocycles. The van der Waals surface area contributed by atoms with Crippen LogP contribution < -0.4 is 14.8 Å². The first-order valence-electron chi connectivity index (χ1n) is 8.41. The van der Waals surface area contributed by atoms with Crippen molar-refractivity contribution in [2.75, 3.05) is 24.7 Å². The summed E-state index contributed by atoms with van der Waals surface area (Å²) in [6, 6.07) is 6.23. The number of hydrogen-bond donors (Lipinski definition) is 2. The van der Waals surface area contributed by atoms with Gasteiger partial charge in [-0.3, -0.25) is 0 Å². The van der Waals surface area contributed by atoms with Crippen LogP contribution in [-0.4, -0.2) is 53.6 Å². The van der Waals surface area contributed by atoms with Crippen LogP contribution in [0.2, 0.25) is 0 Å². The van der Waals surface area contributed by atoms with Crippen LogP contribution in [0.15, 0.2) is 29.2 Å². The molecule has 9 heteroatoms. The lowest BCUT2D eigenvalue weighted by Crippen LogP contribution is -2.46. The van der Waals surface area contributed by atoms with Gasteiger partial charge in [0.25, 0.3) is 0 Å². The Morgan fingerprint density at radius 2 is 1.88 bits per heavy atom. The molecule has 0 amide bonds. The van der Waals surface area contributed by atoms with Gasteiger partial charge >= 0.3 is 0 Å². The van der Waals surface area contributed by atoms with E-state index in [0.717, 1.165) is 19.4 Å². The third kappa shape index (κ3) is 6.25. The zero-order valence-electron chi connectivity index (χ0n) is 14.6. The van der Waals surface area contributed by atoms with E-state index < -0.39 is 19.9 Å². The maximum absolute atomic E-state index is 12.5. The van der Waals surface area contributed by atoms with E-state index in [1.54, 1.807) is 6.92 Å². The average molecular weight is 391 g/mol. The fourth-order valence-electron chi connectivity index (χ4n) is 2.67. The first-order valence-corrected chi connectivity index (χ1v) is 11.7. The van der Waals surface area contributed by atoms with Gasteiger partial charge in [0.05, 0.1) is 10.6 Å². The van der Waals surface area contributed by atoms with Crippen molar-refractivity contribution in [1.82, 2.24) is 10.0 Å². The van der Waals surface area contributed by atoms with E-state index >= 15 is 0 Å². The highest BCUT2D eigenvalue weighted by Gasteiger charge is 2.24. The summed E-state index contributed by atoms with van der Waals surface area (Å²) in [7, 11) is -6.66. The van der Waals surface area contributed by atoms with E-state index in [0.29, 0.717) is 5.75 Å². The van der Waals surface area contributed by atoms with Gasteiger partial charge in [-0.25, -0.2) is 21.6 Å². The summed E-state index contributed by atoms with van der Waals surface area (Å²) in [6.45, 7) is 4.46. The number of rotatable bonds is 8. The van der Waals surface area contributed by atoms with E-state index in [2.05, 4.69) is 10.0 Å². The smallest absolute Gasteiger partial charge is 0.240 e. The lowest BCUT2D eigenvalue weighted by Gasteiger charge is -2.28. The molecule has 2 atom stereocenters. The van der Waals surface area contributed by atoms with Crippen molar-refractivity contribution in [3.63, 3.8) is 0 Å². The summed E-state index contributed by atoms with van der Waals surface area (Å²) in [5, 5.41) is 3.29. The van der Waals surface area contributed by atoms with Crippen LogP contribution in [0.4, 0.5) is 0 Å². The van der Waals surface area contributed by atoms with Gasteiger partial charge in [-0.1, -0.05) is 6.92 Å². The fraction of sp³-hybridized carbons (Fsp3) is 0.625. The highest BCUT2D eigenvalue weighted by molar-refractivity contribution is 7.91. The van der Waals surface area contributed by atoms with E-state index in [1.165, 1.54) is 24.3 Å². The molecular formula is C16H26N2O5S2. The Morgan fingerprint density at radius 1 is 1.20 bits per heavy atom. The number of piperidine rings is 1. The summed E-state index contributed by atoms with van der Waals surface area (Å²) in [6.07, 6.45) is 1.52. The van der Waals surface area contributed by atoms with Crippen molar-refractivity contribution in [3.8, 4) is 5.75 Å². The van der Waals surface area contributed by atoms with E-state index in [1.807, 2.05) is 6.92 Å². The van der Waals surface area contributed by atoms with Gasteiger partial charge < -0.3 is 10.1 Å². The van der Waals surface area contributed by atoms with Gasteiger partial charge in [0.2, 0.25) is 10.0 Å². The maximum Gasteiger partial charge on any atom is 0.240 e. The number of benzene rings is 1. The van der Waals surface area contributed by atoms with Crippen LogP contribution >= 0.6 is 0 Å². The number of hydrogen-bond acceptors (Lipinski definition) is 6. The minimum Gasteiger partial charge on any atom is -0.493 e. The molecule has 0 aromatic heterocycles. The van der Waals surface area contributed by atoms with Gasteiger partial charge in [0, 0.05) is 17.8 Å². The summed E-state index contributed by atoms with van der Waals surface area (Å²) >= 11 is 0. The summed E-state index contributed by atoms with van der Waals surface area (Å²) < 4.78 is 55.8. The molecule has 7 nitrogen and oxygen atoms in total. The first-order chi connectivity index (χ1) is 11.7. The molecular weight excluding hydrogens is 364 g/mol. The molecule has 0 bridgehead atoms. The minimum atomic E-state index is -3.58. The van der Waals surface area contributed by atoms with Crippen molar-refractivity contribution < 1.29 is 21.6 Å². The highest BCUT2D eigenvalue weighted by Crippen LogP contribution is 2.18. The van der Waals surface area contributed by atoms with Crippen LogP contribution in [0.5, 0.6) is 5.75 Å². The second-order valence-electron chi connectivity index (χ2n) is 6.25. The molecule has 0 spiro atoms. The predicted molar refractivity (Wildman–Crippen MR) is 97.1 cm³/mol. The molecule has 2 N–H and O–H groups in total. The van der Waals surface area contributed by atoms with Crippen LogP contribution in [-0.2, 0) is 19.9 Å². The van der Waals surface area contributed by atoms with Gasteiger partial charge in [0.1, 0.15) is 12.4 Å². The third-order valence-electron chi connectivity index (χ3n) is 4.18. The lowest BCUT2D eigenvalue weighted by molar-refractivity contribution is 0.340. The Bertz CT molecular complexity index is 760. The summed E-state index contributed by atoms with van der Waals surface area (Å²) in [5.41, 5.74) is 0. The molecule has 1 heterocycles. The Labute approximate surface area is 150 Å². The SMILES string of the molecule is CCS(=O)(=O)CCOc1ccc(S(=O)(=O)NC2CCNC(C)C2)cc1. The molecule has 2 unspecified atom stereocenters. The van der Waals surface area contributed by atoms with Gasteiger partial charge in [-0.2, -0.15) is 0 Å². The second-order valence-corrected chi connectivity index (χ2v) is 10.4. The Kier molecular flexibility index (Phi) is 6.84. The van der Waals surface area contributed by atoms with Crippen LogP contribution in [0.3, 0.4) is 0 Å². The van der Waals surface area contributed by atoms with Crippen molar-refractivity contribution in [2.24, 2.45) is 0 Å². The highest BCUT2D eigenvalue weighted by atomic mass is 32.2.